The first-order valence-electron chi connectivity index (χ1n) is 7.39. The zero-order chi connectivity index (χ0) is 14.8. The molecule has 0 bridgehead atoms. The second kappa shape index (κ2) is 5.95. The molecule has 20 heavy (non-hydrogen) atoms. The van der Waals surface area contributed by atoms with Crippen LogP contribution in [-0.2, 0) is 11.8 Å². The quantitative estimate of drug-likeness (QED) is 0.900. The molecule has 1 fully saturated rings. The number of aryl methyl sites for hydroxylation is 1. The fraction of sp³-hybridized carbons (Fsp3) is 0.733. The van der Waals surface area contributed by atoms with E-state index in [9.17, 15) is 9.90 Å². The number of hydrogen-bond donors (Lipinski definition) is 1. The predicted molar refractivity (Wildman–Crippen MR) is 77.5 cm³/mol. The molecule has 5 nitrogen and oxygen atoms in total. The molecule has 1 saturated carbocycles. The molecule has 1 heterocycles. The molecule has 1 atom stereocenters. The predicted octanol–water partition coefficient (Wildman–Crippen LogP) is 2.59. The Labute approximate surface area is 120 Å². The summed E-state index contributed by atoms with van der Waals surface area (Å²) in [5, 5.41) is 13.5. The van der Waals surface area contributed by atoms with Gasteiger partial charge in [0.25, 0.3) is 0 Å². The van der Waals surface area contributed by atoms with Crippen LogP contribution in [0.15, 0.2) is 12.3 Å². The average Bonchev–Trinajstić information content (AvgIpc) is 2.83. The van der Waals surface area contributed by atoms with Crippen molar-refractivity contribution in [3.05, 3.63) is 18.0 Å². The molecule has 2 rings (SSSR count). The molecule has 0 spiro atoms. The van der Waals surface area contributed by atoms with Gasteiger partial charge < -0.3 is 5.11 Å². The van der Waals surface area contributed by atoms with Gasteiger partial charge in [-0.25, -0.2) is 0 Å². The topological polar surface area (TPSA) is 58.4 Å². The summed E-state index contributed by atoms with van der Waals surface area (Å²) in [5.74, 6) is -0.698. The summed E-state index contributed by atoms with van der Waals surface area (Å²) in [7, 11) is 4.00. The maximum atomic E-state index is 11.3. The van der Waals surface area contributed by atoms with Crippen molar-refractivity contribution in [1.82, 2.24) is 14.7 Å². The monoisotopic (exact) mass is 279 g/mol. The first-order chi connectivity index (χ1) is 9.46. The summed E-state index contributed by atoms with van der Waals surface area (Å²) in [6.45, 7) is 2.13. The Kier molecular flexibility index (Phi) is 4.48. The van der Waals surface area contributed by atoms with Crippen LogP contribution in [0, 0.1) is 0 Å². The van der Waals surface area contributed by atoms with Gasteiger partial charge >= 0.3 is 5.97 Å². The van der Waals surface area contributed by atoms with E-state index < -0.39 is 5.97 Å². The van der Waals surface area contributed by atoms with Crippen molar-refractivity contribution in [2.75, 3.05) is 7.05 Å². The van der Waals surface area contributed by atoms with Gasteiger partial charge in [-0.05, 0) is 32.9 Å². The number of rotatable bonds is 5. The van der Waals surface area contributed by atoms with Crippen LogP contribution in [0.1, 0.15) is 57.2 Å². The van der Waals surface area contributed by atoms with Crippen LogP contribution < -0.4 is 0 Å². The third-order valence-electron chi connectivity index (χ3n) is 4.88. The third kappa shape index (κ3) is 2.87. The highest BCUT2D eigenvalue weighted by atomic mass is 16.4. The smallest absolute Gasteiger partial charge is 0.305 e. The Morgan fingerprint density at radius 2 is 2.15 bits per heavy atom. The Morgan fingerprint density at radius 1 is 1.50 bits per heavy atom. The zero-order valence-electron chi connectivity index (χ0n) is 12.7. The van der Waals surface area contributed by atoms with E-state index in [1.165, 1.54) is 6.42 Å². The first-order valence-corrected chi connectivity index (χ1v) is 7.39. The van der Waals surface area contributed by atoms with Crippen molar-refractivity contribution in [2.24, 2.45) is 7.05 Å². The van der Waals surface area contributed by atoms with Gasteiger partial charge in [0.15, 0.2) is 0 Å². The highest BCUT2D eigenvalue weighted by Crippen LogP contribution is 2.39. The second-order valence-corrected chi connectivity index (χ2v) is 6.02. The molecule has 0 saturated heterocycles. The number of carboxylic acid groups (broad SMARTS) is 1. The zero-order valence-corrected chi connectivity index (χ0v) is 12.7. The van der Waals surface area contributed by atoms with Gasteiger partial charge in [0.1, 0.15) is 0 Å². The largest absolute Gasteiger partial charge is 0.481 e. The van der Waals surface area contributed by atoms with E-state index in [0.717, 1.165) is 31.4 Å². The van der Waals surface area contributed by atoms with Gasteiger partial charge in [0.05, 0.1) is 12.1 Å². The number of aromatic nitrogens is 2. The Balaban J connectivity index is 2.23. The fourth-order valence-electron chi connectivity index (χ4n) is 3.55. The number of aliphatic carboxylic acids is 1. The maximum absolute atomic E-state index is 11.3. The van der Waals surface area contributed by atoms with E-state index in [0.29, 0.717) is 0 Å². The summed E-state index contributed by atoms with van der Waals surface area (Å²) < 4.78 is 1.87. The van der Waals surface area contributed by atoms with Crippen LogP contribution in [0.25, 0.3) is 0 Å². The minimum Gasteiger partial charge on any atom is -0.481 e. The van der Waals surface area contributed by atoms with Crippen LogP contribution in [0.2, 0.25) is 0 Å². The highest BCUT2D eigenvalue weighted by Gasteiger charge is 2.40. The van der Waals surface area contributed by atoms with E-state index in [-0.39, 0.29) is 18.0 Å². The summed E-state index contributed by atoms with van der Waals surface area (Å²) >= 11 is 0. The van der Waals surface area contributed by atoms with Crippen molar-refractivity contribution in [1.29, 1.82) is 0 Å². The number of nitrogens with zero attached hydrogens (tertiary/aromatic N) is 3. The van der Waals surface area contributed by atoms with Crippen molar-refractivity contribution >= 4 is 5.97 Å². The van der Waals surface area contributed by atoms with Gasteiger partial charge in [-0.3, -0.25) is 14.4 Å². The number of hydrogen-bond acceptors (Lipinski definition) is 3. The second-order valence-electron chi connectivity index (χ2n) is 6.02. The molecule has 5 heteroatoms. The van der Waals surface area contributed by atoms with Gasteiger partial charge in [-0.15, -0.1) is 0 Å². The fourth-order valence-corrected chi connectivity index (χ4v) is 3.55. The molecule has 112 valence electrons. The third-order valence-corrected chi connectivity index (χ3v) is 4.88. The van der Waals surface area contributed by atoms with Gasteiger partial charge in [-0.2, -0.15) is 5.10 Å². The van der Waals surface area contributed by atoms with Crippen LogP contribution in [-0.4, -0.2) is 38.3 Å². The van der Waals surface area contributed by atoms with Crippen LogP contribution in [0.4, 0.5) is 0 Å². The summed E-state index contributed by atoms with van der Waals surface area (Å²) in [4.78, 5) is 13.6. The molecule has 1 aromatic heterocycles. The molecule has 0 aromatic carbocycles. The number of carbonyl (C=O) groups is 1. The molecule has 0 aliphatic heterocycles. The lowest BCUT2D eigenvalue weighted by Gasteiger charge is -2.46. The lowest BCUT2D eigenvalue weighted by molar-refractivity contribution is -0.141. The van der Waals surface area contributed by atoms with E-state index in [4.69, 9.17) is 0 Å². The molecular weight excluding hydrogens is 254 g/mol. The Morgan fingerprint density at radius 3 is 2.65 bits per heavy atom. The lowest BCUT2D eigenvalue weighted by atomic mass is 9.77. The number of carboxylic acids is 1. The standard InChI is InChI=1S/C15H25N3O2/c1-12(13-7-10-16-18(13)3)17(2)15(11-14(19)20)8-5-4-6-9-15/h7,10,12H,4-6,8-9,11H2,1-3H3,(H,19,20). The van der Waals surface area contributed by atoms with Crippen molar-refractivity contribution in [2.45, 2.75) is 57.0 Å². The Hall–Kier alpha value is -1.36. The normalized spacial score (nSPS) is 20.0. The molecule has 1 unspecified atom stereocenters. The molecule has 1 aliphatic rings. The van der Waals surface area contributed by atoms with E-state index in [1.54, 1.807) is 6.20 Å². The average molecular weight is 279 g/mol. The van der Waals surface area contributed by atoms with Crippen LogP contribution >= 0.6 is 0 Å². The molecule has 0 amide bonds. The van der Waals surface area contributed by atoms with Gasteiger partial charge in [0.2, 0.25) is 0 Å². The van der Waals surface area contributed by atoms with Crippen molar-refractivity contribution in [3.63, 3.8) is 0 Å². The van der Waals surface area contributed by atoms with E-state index in [1.807, 2.05) is 17.8 Å². The SMILES string of the molecule is CC(c1ccnn1C)N(C)C1(CC(=O)O)CCCCC1. The molecule has 1 aromatic rings. The molecule has 1 N–H and O–H groups in total. The summed E-state index contributed by atoms with van der Waals surface area (Å²) in [6.07, 6.45) is 7.42. The maximum Gasteiger partial charge on any atom is 0.305 e. The first kappa shape index (κ1) is 15.0. The highest BCUT2D eigenvalue weighted by molar-refractivity contribution is 5.68. The summed E-state index contributed by atoms with van der Waals surface area (Å²) in [5.41, 5.74) is 0.913. The molecule has 1 aliphatic carbocycles. The summed E-state index contributed by atoms with van der Waals surface area (Å²) in [6, 6.07) is 2.18. The van der Waals surface area contributed by atoms with Gasteiger partial charge in [0, 0.05) is 24.8 Å². The van der Waals surface area contributed by atoms with E-state index >= 15 is 0 Å². The van der Waals surface area contributed by atoms with Crippen LogP contribution in [0.5, 0.6) is 0 Å². The Bertz CT molecular complexity index is 463. The minimum absolute atomic E-state index is 0.167. The van der Waals surface area contributed by atoms with Crippen molar-refractivity contribution in [3.8, 4) is 0 Å². The van der Waals surface area contributed by atoms with Crippen molar-refractivity contribution < 1.29 is 9.90 Å². The lowest BCUT2D eigenvalue weighted by Crippen LogP contribution is -2.50. The molecule has 0 radical (unpaired) electrons. The van der Waals surface area contributed by atoms with Gasteiger partial charge in [-0.1, -0.05) is 19.3 Å². The van der Waals surface area contributed by atoms with Crippen LogP contribution in [0.3, 0.4) is 0 Å². The molecular formula is C15H25N3O2. The minimum atomic E-state index is -0.698. The van der Waals surface area contributed by atoms with E-state index in [2.05, 4.69) is 24.0 Å².